The predicted molar refractivity (Wildman–Crippen MR) is 184 cm³/mol. The van der Waals surface area contributed by atoms with Gasteiger partial charge in [-0.3, -0.25) is 4.79 Å². The number of aliphatic hydroxyl groups excluding tert-OH is 5. The summed E-state index contributed by atoms with van der Waals surface area (Å²) >= 11 is 0. The molecule has 0 aliphatic carbocycles. The Bertz CT molecular complexity index is 776. The molecule has 1 aliphatic heterocycles. The Hall–Kier alpha value is -1.33. The zero-order chi connectivity index (χ0) is 33.8. The van der Waals surface area contributed by atoms with Crippen molar-refractivity contribution < 1.29 is 39.8 Å². The third kappa shape index (κ3) is 20.1. The Labute approximate surface area is 279 Å². The van der Waals surface area contributed by atoms with E-state index < -0.39 is 49.5 Å². The van der Waals surface area contributed by atoms with Crippen LogP contribution in [0, 0.1) is 0 Å². The summed E-state index contributed by atoms with van der Waals surface area (Å²) in [6.07, 6.45) is 23.6. The number of amides is 1. The molecule has 2 unspecified atom stereocenters. The second-order valence-electron chi connectivity index (χ2n) is 13.0. The molecule has 9 heteroatoms. The van der Waals surface area contributed by atoms with Gasteiger partial charge in [0.05, 0.1) is 25.4 Å². The highest BCUT2D eigenvalue weighted by Crippen LogP contribution is 2.22. The van der Waals surface area contributed by atoms with Gasteiger partial charge < -0.3 is 40.3 Å². The van der Waals surface area contributed by atoms with E-state index >= 15 is 0 Å². The van der Waals surface area contributed by atoms with Crippen LogP contribution >= 0.6 is 0 Å². The Kier molecular flexibility index (Phi) is 26.6. The van der Waals surface area contributed by atoms with E-state index in [0.29, 0.717) is 6.42 Å². The van der Waals surface area contributed by atoms with Crippen LogP contribution in [-0.2, 0) is 14.3 Å². The summed E-state index contributed by atoms with van der Waals surface area (Å²) in [5, 5.41) is 53.7. The van der Waals surface area contributed by atoms with Gasteiger partial charge in [0.2, 0.25) is 5.91 Å². The van der Waals surface area contributed by atoms with Crippen molar-refractivity contribution >= 4 is 5.91 Å². The van der Waals surface area contributed by atoms with Crippen molar-refractivity contribution in [2.75, 3.05) is 13.2 Å². The smallest absolute Gasteiger partial charge is 0.220 e. The summed E-state index contributed by atoms with van der Waals surface area (Å²) in [5.41, 5.74) is 0. The fraction of sp³-hybridized carbons (Fsp3) is 0.865. The van der Waals surface area contributed by atoms with Crippen molar-refractivity contribution in [3.8, 4) is 0 Å². The molecule has 270 valence electrons. The van der Waals surface area contributed by atoms with E-state index in [4.69, 9.17) is 9.47 Å². The van der Waals surface area contributed by atoms with E-state index in [0.717, 1.165) is 38.5 Å². The maximum Gasteiger partial charge on any atom is 0.220 e. The third-order valence-corrected chi connectivity index (χ3v) is 8.78. The average molecular weight is 656 g/mol. The number of unbranched alkanes of at least 4 members (excludes halogenated alkanes) is 17. The number of hydrogen-bond donors (Lipinski definition) is 6. The first kappa shape index (κ1) is 42.7. The average Bonchev–Trinajstić information content (AvgIpc) is 3.05. The van der Waals surface area contributed by atoms with Crippen molar-refractivity contribution in [2.24, 2.45) is 0 Å². The zero-order valence-electron chi connectivity index (χ0n) is 29.1. The molecule has 0 spiro atoms. The minimum Gasteiger partial charge on any atom is -0.394 e. The Morgan fingerprint density at radius 3 is 1.83 bits per heavy atom. The van der Waals surface area contributed by atoms with E-state index in [-0.39, 0.29) is 12.5 Å². The number of aliphatic hydroxyl groups is 5. The van der Waals surface area contributed by atoms with Crippen LogP contribution in [0.2, 0.25) is 0 Å². The molecule has 1 saturated heterocycles. The molecule has 46 heavy (non-hydrogen) atoms. The van der Waals surface area contributed by atoms with Gasteiger partial charge in [-0.05, 0) is 32.1 Å². The van der Waals surface area contributed by atoms with E-state index in [1.807, 2.05) is 6.08 Å². The lowest BCUT2D eigenvalue weighted by molar-refractivity contribution is -0.302. The molecule has 0 aromatic heterocycles. The van der Waals surface area contributed by atoms with Gasteiger partial charge in [0.15, 0.2) is 6.29 Å². The number of ether oxygens (including phenoxy) is 2. The second kappa shape index (κ2) is 28.7. The summed E-state index contributed by atoms with van der Waals surface area (Å²) in [7, 11) is 0. The second-order valence-corrected chi connectivity index (χ2v) is 13.0. The molecule has 0 bridgehead atoms. The van der Waals surface area contributed by atoms with Crippen LogP contribution < -0.4 is 5.32 Å². The predicted octanol–water partition coefficient (Wildman–Crippen LogP) is 5.99. The summed E-state index contributed by atoms with van der Waals surface area (Å²) in [5.74, 6) is -0.191. The molecule has 7 atom stereocenters. The lowest BCUT2D eigenvalue weighted by Gasteiger charge is -2.40. The number of carbonyl (C=O) groups excluding carboxylic acids is 1. The van der Waals surface area contributed by atoms with Crippen LogP contribution in [0.4, 0.5) is 0 Å². The van der Waals surface area contributed by atoms with Gasteiger partial charge in [-0.25, -0.2) is 0 Å². The fourth-order valence-corrected chi connectivity index (χ4v) is 5.70. The van der Waals surface area contributed by atoms with Gasteiger partial charge in [0, 0.05) is 6.42 Å². The molecular weight excluding hydrogens is 586 g/mol. The highest BCUT2D eigenvalue weighted by Gasteiger charge is 2.44. The molecule has 0 saturated carbocycles. The monoisotopic (exact) mass is 656 g/mol. The van der Waals surface area contributed by atoms with Crippen molar-refractivity contribution in [2.45, 2.75) is 192 Å². The van der Waals surface area contributed by atoms with Crippen LogP contribution in [0.5, 0.6) is 0 Å². The first-order valence-electron chi connectivity index (χ1n) is 18.6. The maximum absolute atomic E-state index is 12.8. The topological polar surface area (TPSA) is 149 Å². The summed E-state index contributed by atoms with van der Waals surface area (Å²) in [4.78, 5) is 12.8. The number of allylic oxidation sites excluding steroid dienone is 3. The van der Waals surface area contributed by atoms with E-state index in [9.17, 15) is 30.3 Å². The van der Waals surface area contributed by atoms with Gasteiger partial charge >= 0.3 is 0 Å². The molecule has 6 N–H and O–H groups in total. The number of carbonyl (C=O) groups is 1. The highest BCUT2D eigenvalue weighted by atomic mass is 16.7. The van der Waals surface area contributed by atoms with Gasteiger partial charge in [0.1, 0.15) is 24.4 Å². The van der Waals surface area contributed by atoms with E-state index in [2.05, 4.69) is 31.3 Å². The quantitative estimate of drug-likeness (QED) is 0.0425. The van der Waals surface area contributed by atoms with E-state index in [1.165, 1.54) is 89.9 Å². The van der Waals surface area contributed by atoms with Gasteiger partial charge in [-0.2, -0.15) is 0 Å². The molecule has 0 aromatic carbocycles. The molecule has 1 rings (SSSR count). The Balaban J connectivity index is 2.51. The summed E-state index contributed by atoms with van der Waals surface area (Å²) < 4.78 is 11.1. The van der Waals surface area contributed by atoms with Gasteiger partial charge in [-0.1, -0.05) is 134 Å². The normalized spacial score (nSPS) is 23.3. The highest BCUT2D eigenvalue weighted by molar-refractivity contribution is 5.76. The molecule has 1 aliphatic rings. The fourth-order valence-electron chi connectivity index (χ4n) is 5.70. The van der Waals surface area contributed by atoms with Crippen LogP contribution in [0.25, 0.3) is 0 Å². The van der Waals surface area contributed by atoms with E-state index in [1.54, 1.807) is 6.08 Å². The third-order valence-electron chi connectivity index (χ3n) is 8.78. The standard InChI is InChI=1S/C37H69NO8/c1-3-5-7-9-11-13-15-17-18-20-22-24-26-31(40)30(29-45-37-36(44)35(43)34(42)32(28-39)46-37)38-33(41)27-25-23-21-19-16-14-12-10-8-6-4-2/h17-18,24,26,30-32,34-37,39-40,42-44H,3-16,19-23,25,27-29H2,1-2H3,(H,38,41)/b18-17+,26-24+/t30-,31+,32+,34+,35?,36?,37+/m0/s1. The Morgan fingerprint density at radius 1 is 0.717 bits per heavy atom. The van der Waals surface area contributed by atoms with Crippen molar-refractivity contribution in [3.63, 3.8) is 0 Å². The Morgan fingerprint density at radius 2 is 1.24 bits per heavy atom. The number of rotatable bonds is 29. The molecular formula is C37H69NO8. The van der Waals surface area contributed by atoms with Crippen LogP contribution in [-0.4, -0.2) is 87.5 Å². The maximum atomic E-state index is 12.8. The van der Waals surface area contributed by atoms with Crippen molar-refractivity contribution in [3.05, 3.63) is 24.3 Å². The molecule has 9 nitrogen and oxygen atoms in total. The van der Waals surface area contributed by atoms with Crippen LogP contribution in [0.3, 0.4) is 0 Å². The molecule has 0 aromatic rings. The van der Waals surface area contributed by atoms with Crippen molar-refractivity contribution in [1.82, 2.24) is 5.32 Å². The first-order chi connectivity index (χ1) is 22.3. The van der Waals surface area contributed by atoms with Gasteiger partial charge in [-0.15, -0.1) is 0 Å². The molecule has 1 fully saturated rings. The lowest BCUT2D eigenvalue weighted by Crippen LogP contribution is -2.60. The molecule has 1 heterocycles. The SMILES string of the molecule is CCCCCCCC/C=C/CC/C=C/[C@@H](O)[C@H](CO[C@@H]1O[C@H](CO)[C@@H](O)C(O)C1O)NC(=O)CCCCCCCCCCCCC. The largest absolute Gasteiger partial charge is 0.394 e. The van der Waals surface area contributed by atoms with Gasteiger partial charge in [0.25, 0.3) is 0 Å². The minimum atomic E-state index is -1.57. The zero-order valence-corrected chi connectivity index (χ0v) is 29.1. The minimum absolute atomic E-state index is 0.191. The van der Waals surface area contributed by atoms with Crippen molar-refractivity contribution in [1.29, 1.82) is 0 Å². The summed E-state index contributed by atoms with van der Waals surface area (Å²) in [6, 6.07) is -0.813. The molecule has 1 amide bonds. The van der Waals surface area contributed by atoms with Crippen LogP contribution in [0.1, 0.15) is 149 Å². The number of hydrogen-bond acceptors (Lipinski definition) is 8. The number of nitrogens with one attached hydrogen (secondary N) is 1. The van der Waals surface area contributed by atoms with Crippen LogP contribution in [0.15, 0.2) is 24.3 Å². The lowest BCUT2D eigenvalue weighted by atomic mass is 9.99. The first-order valence-corrected chi connectivity index (χ1v) is 18.6. The molecule has 0 radical (unpaired) electrons. The summed E-state index contributed by atoms with van der Waals surface area (Å²) in [6.45, 7) is 3.69.